The zero-order valence-corrected chi connectivity index (χ0v) is 11.5. The normalized spacial score (nSPS) is 14.2. The molecular weight excluding hydrogens is 274 g/mol. The summed E-state index contributed by atoms with van der Waals surface area (Å²) in [5.74, 6) is 0.865. The number of nitrogen functional groups attached to an aromatic ring is 1. The highest BCUT2D eigenvalue weighted by atomic mass is 35.5. The molecule has 0 unspecified atom stereocenters. The van der Waals surface area contributed by atoms with Crippen molar-refractivity contribution in [3.63, 3.8) is 0 Å². The molecule has 0 atom stereocenters. The van der Waals surface area contributed by atoms with Gasteiger partial charge in [-0.3, -0.25) is 5.10 Å². The Morgan fingerprint density at radius 3 is 2.50 bits per heavy atom. The van der Waals surface area contributed by atoms with Gasteiger partial charge < -0.3 is 5.73 Å². The lowest BCUT2D eigenvalue weighted by Gasteiger charge is -2.06. The third-order valence-electron chi connectivity index (χ3n) is 3.85. The van der Waals surface area contributed by atoms with Crippen molar-refractivity contribution in [2.24, 2.45) is 0 Å². The van der Waals surface area contributed by atoms with Crippen LogP contribution in [-0.2, 0) is 12.8 Å². The highest BCUT2D eigenvalue weighted by Gasteiger charge is 2.27. The number of anilines is 1. The van der Waals surface area contributed by atoms with Crippen molar-refractivity contribution in [3.05, 3.63) is 47.4 Å². The number of H-pyrrole nitrogens is 1. The monoisotopic (exact) mass is 287 g/mol. The summed E-state index contributed by atoms with van der Waals surface area (Å²) >= 11 is 0. The molecule has 0 fully saturated rings. The van der Waals surface area contributed by atoms with Crippen molar-refractivity contribution in [1.82, 2.24) is 20.2 Å². The third kappa shape index (κ3) is 1.82. The van der Waals surface area contributed by atoms with Crippen LogP contribution < -0.4 is 5.73 Å². The van der Waals surface area contributed by atoms with E-state index in [9.17, 15) is 0 Å². The van der Waals surface area contributed by atoms with E-state index in [4.69, 9.17) is 5.73 Å². The Kier molecular flexibility index (Phi) is 3.06. The van der Waals surface area contributed by atoms with Gasteiger partial charge in [-0.2, -0.15) is 5.10 Å². The minimum absolute atomic E-state index is 0. The fraction of sp³-hybridized carbons (Fsp3) is 0.214. The van der Waals surface area contributed by atoms with Crippen molar-refractivity contribution in [1.29, 1.82) is 0 Å². The molecule has 4 rings (SSSR count). The van der Waals surface area contributed by atoms with Crippen LogP contribution in [-0.4, -0.2) is 20.2 Å². The smallest absolute Gasteiger partial charge is 0.160 e. The van der Waals surface area contributed by atoms with Gasteiger partial charge in [0.2, 0.25) is 0 Å². The van der Waals surface area contributed by atoms with Crippen molar-refractivity contribution < 1.29 is 0 Å². The van der Waals surface area contributed by atoms with E-state index in [1.165, 1.54) is 17.5 Å². The number of benzene rings is 1. The molecule has 0 aliphatic heterocycles. The average Bonchev–Trinajstić information content (AvgIpc) is 3.02. The number of nitrogens with two attached hydrogens (primary N) is 1. The van der Waals surface area contributed by atoms with Crippen LogP contribution in [0.3, 0.4) is 0 Å². The number of aromatic nitrogens is 4. The van der Waals surface area contributed by atoms with Gasteiger partial charge in [0.1, 0.15) is 12.1 Å². The molecule has 102 valence electrons. The van der Waals surface area contributed by atoms with Crippen LogP contribution in [0.1, 0.15) is 22.7 Å². The molecule has 3 N–H and O–H groups in total. The largest absolute Gasteiger partial charge is 0.383 e. The summed E-state index contributed by atoms with van der Waals surface area (Å²) in [5.41, 5.74) is 10.5. The molecular formula is C14H14ClN5. The SMILES string of the molecule is Cl.Nc1ncnc2[nH]nc(C3Cc4ccccc4C3)c12. The Balaban J connectivity index is 0.00000121. The maximum Gasteiger partial charge on any atom is 0.160 e. The van der Waals surface area contributed by atoms with E-state index in [-0.39, 0.29) is 12.4 Å². The van der Waals surface area contributed by atoms with Gasteiger partial charge in [-0.25, -0.2) is 9.97 Å². The number of nitrogens with one attached hydrogen (secondary N) is 1. The van der Waals surface area contributed by atoms with E-state index in [1.807, 2.05) is 0 Å². The summed E-state index contributed by atoms with van der Waals surface area (Å²) in [6.07, 6.45) is 3.47. The Labute approximate surface area is 122 Å². The standard InChI is InChI=1S/C14H13N5.ClH/c15-13-11-12(18-19-14(11)17-7-16-13)10-5-8-3-1-2-4-9(8)6-10;/h1-4,7,10H,5-6H2,(H3,15,16,17,18,19);1H. The lowest BCUT2D eigenvalue weighted by Crippen LogP contribution is -2.01. The quantitative estimate of drug-likeness (QED) is 0.719. The maximum atomic E-state index is 5.96. The number of fused-ring (bicyclic) bond motifs is 2. The van der Waals surface area contributed by atoms with E-state index in [0.717, 1.165) is 29.6 Å². The Morgan fingerprint density at radius 1 is 1.10 bits per heavy atom. The average molecular weight is 288 g/mol. The molecule has 1 aromatic carbocycles. The van der Waals surface area contributed by atoms with Crippen LogP contribution >= 0.6 is 12.4 Å². The molecule has 2 heterocycles. The number of rotatable bonds is 1. The summed E-state index contributed by atoms with van der Waals surface area (Å²) in [6, 6.07) is 8.54. The predicted molar refractivity (Wildman–Crippen MR) is 79.9 cm³/mol. The first-order valence-electron chi connectivity index (χ1n) is 6.34. The molecule has 1 aliphatic carbocycles. The third-order valence-corrected chi connectivity index (χ3v) is 3.85. The Morgan fingerprint density at radius 2 is 1.80 bits per heavy atom. The van der Waals surface area contributed by atoms with Crippen molar-refractivity contribution in [2.45, 2.75) is 18.8 Å². The maximum absolute atomic E-state index is 5.96. The van der Waals surface area contributed by atoms with Crippen LogP contribution in [0.25, 0.3) is 11.0 Å². The lowest BCUT2D eigenvalue weighted by molar-refractivity contribution is 0.714. The van der Waals surface area contributed by atoms with Gasteiger partial charge in [0.25, 0.3) is 0 Å². The van der Waals surface area contributed by atoms with E-state index in [2.05, 4.69) is 44.4 Å². The molecule has 6 heteroatoms. The molecule has 3 aromatic rings. The molecule has 0 saturated heterocycles. The first-order valence-corrected chi connectivity index (χ1v) is 6.34. The summed E-state index contributed by atoms with van der Waals surface area (Å²) in [5, 5.41) is 8.24. The van der Waals surface area contributed by atoms with Crippen LogP contribution in [0.2, 0.25) is 0 Å². The second kappa shape index (κ2) is 4.76. The van der Waals surface area contributed by atoms with Crippen molar-refractivity contribution in [2.75, 3.05) is 5.73 Å². The summed E-state index contributed by atoms with van der Waals surface area (Å²) in [6.45, 7) is 0. The Bertz CT molecular complexity index is 742. The molecule has 0 amide bonds. The van der Waals surface area contributed by atoms with Gasteiger partial charge in [-0.1, -0.05) is 24.3 Å². The van der Waals surface area contributed by atoms with Gasteiger partial charge in [0.05, 0.1) is 11.1 Å². The number of hydrogen-bond donors (Lipinski definition) is 2. The molecule has 5 nitrogen and oxygen atoms in total. The predicted octanol–water partition coefficient (Wildman–Crippen LogP) is 2.24. The van der Waals surface area contributed by atoms with E-state index >= 15 is 0 Å². The van der Waals surface area contributed by atoms with E-state index in [0.29, 0.717) is 11.7 Å². The highest BCUT2D eigenvalue weighted by molar-refractivity contribution is 5.88. The van der Waals surface area contributed by atoms with E-state index in [1.54, 1.807) is 0 Å². The van der Waals surface area contributed by atoms with Crippen LogP contribution in [0.4, 0.5) is 5.82 Å². The zero-order valence-electron chi connectivity index (χ0n) is 10.7. The molecule has 20 heavy (non-hydrogen) atoms. The van der Waals surface area contributed by atoms with Gasteiger partial charge in [0.15, 0.2) is 5.65 Å². The number of nitrogens with zero attached hydrogens (tertiary/aromatic N) is 3. The van der Waals surface area contributed by atoms with Crippen molar-refractivity contribution >= 4 is 29.3 Å². The molecule has 0 radical (unpaired) electrons. The summed E-state index contributed by atoms with van der Waals surface area (Å²) in [7, 11) is 0. The second-order valence-electron chi connectivity index (χ2n) is 4.97. The lowest BCUT2D eigenvalue weighted by atomic mass is 10.00. The summed E-state index contributed by atoms with van der Waals surface area (Å²) < 4.78 is 0. The van der Waals surface area contributed by atoms with Crippen LogP contribution in [0, 0.1) is 0 Å². The van der Waals surface area contributed by atoms with Gasteiger partial charge >= 0.3 is 0 Å². The Hall–Kier alpha value is -2.14. The summed E-state index contributed by atoms with van der Waals surface area (Å²) in [4.78, 5) is 8.24. The number of aromatic amines is 1. The zero-order chi connectivity index (χ0) is 12.8. The molecule has 0 bridgehead atoms. The van der Waals surface area contributed by atoms with Gasteiger partial charge in [0, 0.05) is 5.92 Å². The van der Waals surface area contributed by atoms with Crippen LogP contribution in [0.5, 0.6) is 0 Å². The molecule has 0 spiro atoms. The van der Waals surface area contributed by atoms with Crippen molar-refractivity contribution in [3.8, 4) is 0 Å². The van der Waals surface area contributed by atoms with E-state index < -0.39 is 0 Å². The van der Waals surface area contributed by atoms with Gasteiger partial charge in [-0.15, -0.1) is 12.4 Å². The van der Waals surface area contributed by atoms with Crippen LogP contribution in [0.15, 0.2) is 30.6 Å². The number of halogens is 1. The minimum atomic E-state index is 0. The first kappa shape index (κ1) is 12.9. The molecule has 0 saturated carbocycles. The van der Waals surface area contributed by atoms with Gasteiger partial charge in [-0.05, 0) is 24.0 Å². The minimum Gasteiger partial charge on any atom is -0.383 e. The topological polar surface area (TPSA) is 80.5 Å². The molecule has 1 aliphatic rings. The number of hydrogen-bond acceptors (Lipinski definition) is 4. The first-order chi connectivity index (χ1) is 9.33. The fourth-order valence-corrected chi connectivity index (χ4v) is 2.95. The fourth-order valence-electron chi connectivity index (χ4n) is 2.95. The second-order valence-corrected chi connectivity index (χ2v) is 4.97. The highest BCUT2D eigenvalue weighted by Crippen LogP contribution is 2.36. The molecule has 2 aromatic heterocycles.